The molecule has 2 aliphatic rings. The maximum atomic E-state index is 12.5. The molecule has 1 saturated heterocycles. The van der Waals surface area contributed by atoms with E-state index in [2.05, 4.69) is 11.7 Å². The standard InChI is InChI=1S/C18H23F3N2O2/c1-13-6-9-22(10-7-13)17(24)12-23-8-2-3-14-11-15(4-5-16(14)23)25-18(19,20)21/h4-5,11,13H,2-3,6-10,12H2,1H3. The Bertz CT molecular complexity index is 625. The number of halogens is 3. The molecule has 4 nitrogen and oxygen atoms in total. The monoisotopic (exact) mass is 356 g/mol. The molecular weight excluding hydrogens is 333 g/mol. The molecule has 0 unspecified atom stereocenters. The number of anilines is 1. The predicted molar refractivity (Wildman–Crippen MR) is 88.6 cm³/mol. The summed E-state index contributed by atoms with van der Waals surface area (Å²) in [6, 6.07) is 4.38. The third-order valence-corrected chi connectivity index (χ3v) is 4.96. The van der Waals surface area contributed by atoms with Crippen molar-refractivity contribution in [3.8, 4) is 5.75 Å². The van der Waals surface area contributed by atoms with Gasteiger partial charge in [-0.2, -0.15) is 0 Å². The van der Waals surface area contributed by atoms with Crippen molar-refractivity contribution >= 4 is 11.6 Å². The lowest BCUT2D eigenvalue weighted by Gasteiger charge is -2.35. The molecule has 7 heteroatoms. The zero-order valence-electron chi connectivity index (χ0n) is 14.3. The van der Waals surface area contributed by atoms with Gasteiger partial charge in [0, 0.05) is 25.3 Å². The summed E-state index contributed by atoms with van der Waals surface area (Å²) < 4.78 is 41.1. The van der Waals surface area contributed by atoms with Gasteiger partial charge in [-0.15, -0.1) is 13.2 Å². The number of fused-ring (bicyclic) bond motifs is 1. The fourth-order valence-electron chi connectivity index (χ4n) is 3.53. The number of likely N-dealkylation sites (tertiary alicyclic amines) is 1. The van der Waals surface area contributed by atoms with Gasteiger partial charge in [0.1, 0.15) is 5.75 Å². The van der Waals surface area contributed by atoms with Gasteiger partial charge >= 0.3 is 6.36 Å². The van der Waals surface area contributed by atoms with Gasteiger partial charge < -0.3 is 14.5 Å². The molecule has 0 radical (unpaired) electrons. The van der Waals surface area contributed by atoms with E-state index in [0.717, 1.165) is 50.1 Å². The Labute approximate surface area is 145 Å². The number of amides is 1. The number of hydrogen-bond acceptors (Lipinski definition) is 3. The molecule has 0 aromatic heterocycles. The van der Waals surface area contributed by atoms with Gasteiger partial charge in [-0.25, -0.2) is 0 Å². The highest BCUT2D eigenvalue weighted by Gasteiger charge is 2.32. The number of carbonyl (C=O) groups is 1. The van der Waals surface area contributed by atoms with Gasteiger partial charge in [0.15, 0.2) is 0 Å². The Hall–Kier alpha value is -1.92. The first-order chi connectivity index (χ1) is 11.8. The highest BCUT2D eigenvalue weighted by Crippen LogP contribution is 2.32. The van der Waals surface area contributed by atoms with E-state index < -0.39 is 6.36 Å². The van der Waals surface area contributed by atoms with Gasteiger partial charge in [0.2, 0.25) is 5.91 Å². The van der Waals surface area contributed by atoms with Crippen molar-refractivity contribution in [2.45, 2.75) is 39.0 Å². The average molecular weight is 356 g/mol. The molecule has 138 valence electrons. The SMILES string of the molecule is CC1CCN(C(=O)CN2CCCc3cc(OC(F)(F)F)ccc32)CC1. The summed E-state index contributed by atoms with van der Waals surface area (Å²) in [5.74, 6) is 0.548. The summed E-state index contributed by atoms with van der Waals surface area (Å²) in [7, 11) is 0. The molecule has 0 spiro atoms. The summed E-state index contributed by atoms with van der Waals surface area (Å²) in [4.78, 5) is 16.4. The summed E-state index contributed by atoms with van der Waals surface area (Å²) in [6.45, 7) is 4.80. The van der Waals surface area contributed by atoms with Gasteiger partial charge in [-0.1, -0.05) is 6.92 Å². The van der Waals surface area contributed by atoms with E-state index in [1.165, 1.54) is 12.1 Å². The Kier molecular flexibility index (Phi) is 5.11. The minimum absolute atomic E-state index is 0.0929. The molecule has 2 heterocycles. The number of hydrogen-bond donors (Lipinski definition) is 0. The van der Waals surface area contributed by atoms with E-state index in [0.29, 0.717) is 12.3 Å². The minimum Gasteiger partial charge on any atom is -0.406 e. The van der Waals surface area contributed by atoms with Crippen LogP contribution < -0.4 is 9.64 Å². The smallest absolute Gasteiger partial charge is 0.406 e. The second-order valence-corrected chi connectivity index (χ2v) is 6.93. The van der Waals surface area contributed by atoms with Crippen molar-refractivity contribution < 1.29 is 22.7 Å². The van der Waals surface area contributed by atoms with Gasteiger partial charge in [-0.3, -0.25) is 4.79 Å². The number of alkyl halides is 3. The molecule has 25 heavy (non-hydrogen) atoms. The zero-order chi connectivity index (χ0) is 18.0. The number of rotatable bonds is 3. The summed E-state index contributed by atoms with van der Waals surface area (Å²) in [5.41, 5.74) is 1.63. The van der Waals surface area contributed by atoms with Crippen LogP contribution in [0.1, 0.15) is 31.7 Å². The first-order valence-electron chi connectivity index (χ1n) is 8.73. The maximum absolute atomic E-state index is 12.5. The van der Waals surface area contributed by atoms with Crippen molar-refractivity contribution in [2.75, 3.05) is 31.1 Å². The van der Waals surface area contributed by atoms with Crippen molar-refractivity contribution in [3.05, 3.63) is 23.8 Å². The van der Waals surface area contributed by atoms with Crippen molar-refractivity contribution in [2.24, 2.45) is 5.92 Å². The highest BCUT2D eigenvalue weighted by molar-refractivity contribution is 5.82. The lowest BCUT2D eigenvalue weighted by Crippen LogP contribution is -2.45. The van der Waals surface area contributed by atoms with Gasteiger partial charge in [0.05, 0.1) is 6.54 Å². The molecular formula is C18H23F3N2O2. The maximum Gasteiger partial charge on any atom is 0.573 e. The fourth-order valence-corrected chi connectivity index (χ4v) is 3.53. The van der Waals surface area contributed by atoms with Crippen LogP contribution in [0.5, 0.6) is 5.75 Å². The lowest BCUT2D eigenvalue weighted by atomic mass is 9.99. The van der Waals surface area contributed by atoms with Crippen molar-refractivity contribution in [3.63, 3.8) is 0 Å². The quantitative estimate of drug-likeness (QED) is 0.830. The summed E-state index contributed by atoms with van der Waals surface area (Å²) in [6.07, 6.45) is -1.13. The molecule has 1 aromatic rings. The third kappa shape index (κ3) is 4.58. The number of carbonyl (C=O) groups excluding carboxylic acids is 1. The molecule has 1 aromatic carbocycles. The summed E-state index contributed by atoms with van der Waals surface area (Å²) in [5, 5.41) is 0. The Balaban J connectivity index is 1.68. The molecule has 1 amide bonds. The van der Waals surface area contributed by atoms with Crippen LogP contribution in [-0.4, -0.2) is 43.3 Å². The minimum atomic E-state index is -4.69. The molecule has 3 rings (SSSR count). The van der Waals surface area contributed by atoms with Crippen LogP contribution >= 0.6 is 0 Å². The lowest BCUT2D eigenvalue weighted by molar-refractivity contribution is -0.274. The van der Waals surface area contributed by atoms with Gasteiger partial charge in [-0.05, 0) is 55.4 Å². The first-order valence-corrected chi connectivity index (χ1v) is 8.73. The van der Waals surface area contributed by atoms with Crippen molar-refractivity contribution in [1.29, 1.82) is 0 Å². The van der Waals surface area contributed by atoms with E-state index >= 15 is 0 Å². The van der Waals surface area contributed by atoms with Crippen LogP contribution in [0.4, 0.5) is 18.9 Å². The normalized spacial score (nSPS) is 18.9. The molecule has 0 aliphatic carbocycles. The van der Waals surface area contributed by atoms with Crippen molar-refractivity contribution in [1.82, 2.24) is 4.90 Å². The van der Waals surface area contributed by atoms with Crippen LogP contribution in [0, 0.1) is 5.92 Å². The first kappa shape index (κ1) is 17.9. The Morgan fingerprint density at radius 2 is 1.96 bits per heavy atom. The van der Waals surface area contributed by atoms with E-state index in [4.69, 9.17) is 0 Å². The second-order valence-electron chi connectivity index (χ2n) is 6.93. The van der Waals surface area contributed by atoms with E-state index in [9.17, 15) is 18.0 Å². The topological polar surface area (TPSA) is 32.8 Å². The zero-order valence-corrected chi connectivity index (χ0v) is 14.3. The number of piperidine rings is 1. The van der Waals surface area contributed by atoms with Crippen LogP contribution in [0.3, 0.4) is 0 Å². The largest absolute Gasteiger partial charge is 0.573 e. The molecule has 0 saturated carbocycles. The fraction of sp³-hybridized carbons (Fsp3) is 0.611. The number of ether oxygens (including phenoxy) is 1. The molecule has 0 N–H and O–H groups in total. The van der Waals surface area contributed by atoms with E-state index in [1.54, 1.807) is 6.07 Å². The Morgan fingerprint density at radius 1 is 1.24 bits per heavy atom. The number of nitrogens with zero attached hydrogens (tertiary/aromatic N) is 2. The van der Waals surface area contributed by atoms with Crippen LogP contribution in [0.15, 0.2) is 18.2 Å². The van der Waals surface area contributed by atoms with Crippen LogP contribution in [0.2, 0.25) is 0 Å². The predicted octanol–water partition coefficient (Wildman–Crippen LogP) is 3.60. The van der Waals surface area contributed by atoms with E-state index in [-0.39, 0.29) is 18.2 Å². The molecule has 2 aliphatic heterocycles. The highest BCUT2D eigenvalue weighted by atomic mass is 19.4. The third-order valence-electron chi connectivity index (χ3n) is 4.96. The Morgan fingerprint density at radius 3 is 2.64 bits per heavy atom. The second kappa shape index (κ2) is 7.14. The van der Waals surface area contributed by atoms with Crippen LogP contribution in [-0.2, 0) is 11.2 Å². The molecule has 0 atom stereocenters. The average Bonchev–Trinajstić information content (AvgIpc) is 2.54. The number of benzene rings is 1. The van der Waals surface area contributed by atoms with Crippen LogP contribution in [0.25, 0.3) is 0 Å². The number of aryl methyl sites for hydroxylation is 1. The summed E-state index contributed by atoms with van der Waals surface area (Å²) >= 11 is 0. The van der Waals surface area contributed by atoms with Gasteiger partial charge in [0.25, 0.3) is 0 Å². The molecule has 0 bridgehead atoms. The van der Waals surface area contributed by atoms with E-state index in [1.807, 2.05) is 9.80 Å². The molecule has 1 fully saturated rings.